The van der Waals surface area contributed by atoms with Crippen molar-refractivity contribution >= 4 is 16.9 Å². The fraction of sp³-hybridized carbons (Fsp3) is 0.333. The van der Waals surface area contributed by atoms with Crippen molar-refractivity contribution < 1.29 is 27.5 Å². The number of benzene rings is 1. The van der Waals surface area contributed by atoms with Gasteiger partial charge in [0.2, 0.25) is 5.89 Å². The second-order valence-corrected chi connectivity index (χ2v) is 3.76. The Morgan fingerprint density at radius 2 is 2.21 bits per heavy atom. The molecule has 0 spiro atoms. The number of ketones is 1. The molecule has 0 saturated carbocycles. The first kappa shape index (κ1) is 13.4. The molecule has 0 aliphatic heterocycles. The Hall–Kier alpha value is -2.02. The molecule has 0 aliphatic rings. The van der Waals surface area contributed by atoms with E-state index in [-0.39, 0.29) is 40.7 Å². The van der Waals surface area contributed by atoms with Crippen LogP contribution in [0.1, 0.15) is 23.2 Å². The van der Waals surface area contributed by atoms with Crippen LogP contribution in [0.5, 0.6) is 5.75 Å². The van der Waals surface area contributed by atoms with Gasteiger partial charge in [-0.25, -0.2) is 4.98 Å². The van der Waals surface area contributed by atoms with Gasteiger partial charge in [0.05, 0.1) is 5.56 Å². The van der Waals surface area contributed by atoms with Gasteiger partial charge < -0.3 is 13.9 Å². The minimum Gasteiger partial charge on any atom is -0.437 e. The number of nitrogens with zero attached hydrogens (tertiary/aromatic N) is 1. The van der Waals surface area contributed by atoms with Crippen molar-refractivity contribution in [1.29, 1.82) is 0 Å². The number of Topliss-reactive ketones (excluding diaryl/α,β-unsaturated/α-hetero) is 1. The fourth-order valence-electron chi connectivity index (χ4n) is 1.68. The van der Waals surface area contributed by atoms with Crippen LogP contribution < -0.4 is 4.74 Å². The first-order valence-electron chi connectivity index (χ1n) is 5.40. The highest BCUT2D eigenvalue weighted by Gasteiger charge is 2.19. The first-order chi connectivity index (χ1) is 9.02. The average Bonchev–Trinajstić information content (AvgIpc) is 2.72. The summed E-state index contributed by atoms with van der Waals surface area (Å²) >= 11 is 0. The van der Waals surface area contributed by atoms with E-state index in [0.29, 0.717) is 0 Å². The number of alkyl halides is 2. The number of carbonyl (C=O) groups is 1. The zero-order valence-corrected chi connectivity index (χ0v) is 10.3. The SMILES string of the molecule is COCc1nc2c(OC(F)F)ccc(C(C)=O)c2o1. The molecule has 0 saturated heterocycles. The smallest absolute Gasteiger partial charge is 0.387 e. The highest BCUT2D eigenvalue weighted by molar-refractivity contribution is 6.05. The van der Waals surface area contributed by atoms with Gasteiger partial charge in [-0.1, -0.05) is 0 Å². The lowest BCUT2D eigenvalue weighted by molar-refractivity contribution is -0.0489. The topological polar surface area (TPSA) is 61.6 Å². The molecule has 0 amide bonds. The molecule has 1 aromatic heterocycles. The van der Waals surface area contributed by atoms with Crippen molar-refractivity contribution in [2.24, 2.45) is 0 Å². The van der Waals surface area contributed by atoms with Crippen LogP contribution in [0.2, 0.25) is 0 Å². The van der Waals surface area contributed by atoms with E-state index >= 15 is 0 Å². The number of hydrogen-bond donors (Lipinski definition) is 0. The Morgan fingerprint density at radius 1 is 1.47 bits per heavy atom. The molecular weight excluding hydrogens is 260 g/mol. The largest absolute Gasteiger partial charge is 0.437 e. The van der Waals surface area contributed by atoms with Crippen LogP contribution in [0.3, 0.4) is 0 Å². The Bertz CT molecular complexity index is 609. The number of oxazole rings is 1. The predicted molar refractivity (Wildman–Crippen MR) is 61.4 cm³/mol. The van der Waals surface area contributed by atoms with E-state index < -0.39 is 6.61 Å². The maximum atomic E-state index is 12.3. The standard InChI is InChI=1S/C12H11F2NO4/c1-6(16)7-3-4-8(18-12(13)14)10-11(7)19-9(15-10)5-17-2/h3-4,12H,5H2,1-2H3. The van der Waals surface area contributed by atoms with E-state index in [2.05, 4.69) is 9.72 Å². The quantitative estimate of drug-likeness (QED) is 0.782. The molecular formula is C12H11F2NO4. The van der Waals surface area contributed by atoms with Gasteiger partial charge in [0.1, 0.15) is 6.61 Å². The van der Waals surface area contributed by atoms with E-state index in [1.54, 1.807) is 0 Å². The molecule has 0 N–H and O–H groups in total. The summed E-state index contributed by atoms with van der Waals surface area (Å²) < 4.78 is 39.1. The third-order valence-electron chi connectivity index (χ3n) is 2.41. The molecule has 0 aliphatic carbocycles. The fourth-order valence-corrected chi connectivity index (χ4v) is 1.68. The van der Waals surface area contributed by atoms with E-state index in [0.717, 1.165) is 0 Å². The van der Waals surface area contributed by atoms with Gasteiger partial charge in [0.15, 0.2) is 22.6 Å². The summed E-state index contributed by atoms with van der Waals surface area (Å²) in [5, 5.41) is 0. The highest BCUT2D eigenvalue weighted by Crippen LogP contribution is 2.30. The molecule has 1 heterocycles. The van der Waals surface area contributed by atoms with Crippen molar-refractivity contribution in [2.75, 3.05) is 7.11 Å². The van der Waals surface area contributed by atoms with Crippen LogP contribution in [0.4, 0.5) is 8.78 Å². The normalized spacial score (nSPS) is 11.2. The highest BCUT2D eigenvalue weighted by atomic mass is 19.3. The predicted octanol–water partition coefficient (Wildman–Crippen LogP) is 2.78. The van der Waals surface area contributed by atoms with Gasteiger partial charge >= 0.3 is 6.61 Å². The van der Waals surface area contributed by atoms with Gasteiger partial charge in [-0.15, -0.1) is 0 Å². The number of methoxy groups -OCH3 is 1. The van der Waals surface area contributed by atoms with Gasteiger partial charge in [-0.3, -0.25) is 4.79 Å². The van der Waals surface area contributed by atoms with Crippen molar-refractivity contribution in [1.82, 2.24) is 4.98 Å². The molecule has 5 nitrogen and oxygen atoms in total. The molecule has 0 unspecified atom stereocenters. The van der Waals surface area contributed by atoms with Crippen LogP contribution in [0.15, 0.2) is 16.5 Å². The van der Waals surface area contributed by atoms with Crippen molar-refractivity contribution in [3.05, 3.63) is 23.6 Å². The number of hydrogen-bond acceptors (Lipinski definition) is 5. The molecule has 2 aromatic rings. The molecule has 102 valence electrons. The maximum Gasteiger partial charge on any atom is 0.387 e. The third kappa shape index (κ3) is 2.70. The summed E-state index contributed by atoms with van der Waals surface area (Å²) in [7, 11) is 1.44. The lowest BCUT2D eigenvalue weighted by Crippen LogP contribution is -2.03. The van der Waals surface area contributed by atoms with Crippen molar-refractivity contribution in [3.8, 4) is 5.75 Å². The summed E-state index contributed by atoms with van der Waals surface area (Å²) in [5.74, 6) is -0.208. The molecule has 0 fully saturated rings. The minimum absolute atomic E-state index is 0.0696. The van der Waals surface area contributed by atoms with E-state index in [9.17, 15) is 13.6 Å². The van der Waals surface area contributed by atoms with Gasteiger partial charge in [-0.05, 0) is 19.1 Å². The van der Waals surface area contributed by atoms with Crippen molar-refractivity contribution in [2.45, 2.75) is 20.1 Å². The van der Waals surface area contributed by atoms with Crippen LogP contribution in [-0.2, 0) is 11.3 Å². The Labute approximate surface area is 107 Å². The van der Waals surface area contributed by atoms with E-state index in [1.807, 2.05) is 0 Å². The van der Waals surface area contributed by atoms with E-state index in [4.69, 9.17) is 9.15 Å². The summed E-state index contributed by atoms with van der Waals surface area (Å²) in [4.78, 5) is 15.4. The molecule has 2 rings (SSSR count). The van der Waals surface area contributed by atoms with Gasteiger partial charge in [-0.2, -0.15) is 8.78 Å². The minimum atomic E-state index is -2.98. The summed E-state index contributed by atoms with van der Waals surface area (Å²) in [6.07, 6.45) is 0. The molecule has 1 aromatic carbocycles. The Morgan fingerprint density at radius 3 is 2.79 bits per heavy atom. The molecule has 19 heavy (non-hydrogen) atoms. The van der Waals surface area contributed by atoms with Crippen LogP contribution in [-0.4, -0.2) is 24.5 Å². The zero-order valence-electron chi connectivity index (χ0n) is 10.3. The molecule has 0 atom stereocenters. The first-order valence-corrected chi connectivity index (χ1v) is 5.40. The summed E-state index contributed by atoms with van der Waals surface area (Å²) in [6, 6.07) is 2.63. The third-order valence-corrected chi connectivity index (χ3v) is 2.41. The number of rotatable bonds is 5. The Kier molecular flexibility index (Phi) is 3.75. The number of fused-ring (bicyclic) bond motifs is 1. The molecule has 0 bridgehead atoms. The lowest BCUT2D eigenvalue weighted by atomic mass is 10.1. The monoisotopic (exact) mass is 271 g/mol. The Balaban J connectivity index is 2.60. The van der Waals surface area contributed by atoms with Crippen LogP contribution >= 0.6 is 0 Å². The maximum absolute atomic E-state index is 12.3. The van der Waals surface area contributed by atoms with Crippen LogP contribution in [0.25, 0.3) is 11.1 Å². The number of halogens is 2. The van der Waals surface area contributed by atoms with Crippen LogP contribution in [0, 0.1) is 0 Å². The second-order valence-electron chi connectivity index (χ2n) is 3.76. The van der Waals surface area contributed by atoms with Gasteiger partial charge in [0.25, 0.3) is 0 Å². The lowest BCUT2D eigenvalue weighted by Gasteiger charge is -2.05. The summed E-state index contributed by atoms with van der Waals surface area (Å²) in [5.41, 5.74) is 0.462. The van der Waals surface area contributed by atoms with Gasteiger partial charge in [0, 0.05) is 7.11 Å². The number of aromatic nitrogens is 1. The zero-order chi connectivity index (χ0) is 14.0. The van der Waals surface area contributed by atoms with Crippen molar-refractivity contribution in [3.63, 3.8) is 0 Å². The average molecular weight is 271 g/mol. The summed E-state index contributed by atoms with van der Waals surface area (Å²) in [6.45, 7) is -1.56. The number of ether oxygens (including phenoxy) is 2. The molecule has 0 radical (unpaired) electrons. The molecule has 7 heteroatoms. The van der Waals surface area contributed by atoms with E-state index in [1.165, 1.54) is 26.2 Å². The number of carbonyl (C=O) groups excluding carboxylic acids is 1. The second kappa shape index (κ2) is 5.31.